The third kappa shape index (κ3) is 6.32. The fourth-order valence-electron chi connectivity index (χ4n) is 6.69. The van der Waals surface area contributed by atoms with E-state index in [4.69, 9.17) is 20.4 Å². The van der Waals surface area contributed by atoms with Crippen molar-refractivity contribution in [2.75, 3.05) is 75.1 Å². The van der Waals surface area contributed by atoms with E-state index in [1.165, 1.54) is 6.07 Å². The van der Waals surface area contributed by atoms with Crippen LogP contribution in [0, 0.1) is 5.82 Å². The second-order valence-electron chi connectivity index (χ2n) is 12.3. The molecule has 3 aromatic heterocycles. The number of benzene rings is 1. The van der Waals surface area contributed by atoms with Gasteiger partial charge in [0.25, 0.3) is 5.91 Å². The summed E-state index contributed by atoms with van der Waals surface area (Å²) in [6.07, 6.45) is 8.48. The molecule has 0 aliphatic carbocycles. The number of piperidine rings is 1. The molecular weight excluding hydrogens is 589 g/mol. The molecule has 0 spiro atoms. The number of hydrogen-bond donors (Lipinski definition) is 4. The Morgan fingerprint density at radius 2 is 1.80 bits per heavy atom. The lowest BCUT2D eigenvalue weighted by molar-refractivity contribution is 0.0904. The molecule has 1 aromatic carbocycles. The summed E-state index contributed by atoms with van der Waals surface area (Å²) in [6.45, 7) is 7.23. The predicted octanol–water partition coefficient (Wildman–Crippen LogP) is 3.20. The van der Waals surface area contributed by atoms with Gasteiger partial charge < -0.3 is 35.9 Å². The van der Waals surface area contributed by atoms with Gasteiger partial charge in [-0.25, -0.2) is 19.3 Å². The average molecular weight is 630 g/mol. The van der Waals surface area contributed by atoms with E-state index in [0.29, 0.717) is 53.2 Å². The monoisotopic (exact) mass is 629 g/mol. The molecular formula is C32H40FN11O2. The Morgan fingerprint density at radius 3 is 2.54 bits per heavy atom. The third-order valence-corrected chi connectivity index (χ3v) is 9.35. The zero-order chi connectivity index (χ0) is 31.6. The van der Waals surface area contributed by atoms with Crippen LogP contribution in [0.2, 0.25) is 0 Å². The van der Waals surface area contributed by atoms with Gasteiger partial charge in [-0.1, -0.05) is 0 Å². The number of anilines is 4. The van der Waals surface area contributed by atoms with Crippen molar-refractivity contribution in [3.8, 4) is 11.3 Å². The van der Waals surface area contributed by atoms with Crippen LogP contribution in [-0.4, -0.2) is 112 Å². The standard InChI is InChI=1S/C32H40FN11O2/c1-42-10-12-43(13-11-42)22-4-8-44(9-5-22)26-3-2-21(16-24(26)33)39-32-29(30(34)45)40-28(23-17-35-18-25-27(23)37-19-36-25)31(41-32)38-20-6-14-46-15-7-20/h2-3,16-20,22H,4-15H2,1H3,(H2,34,45)(H,36,37)(H2,38,39,41). The van der Waals surface area contributed by atoms with Gasteiger partial charge in [0.05, 0.1) is 29.3 Å². The van der Waals surface area contributed by atoms with Gasteiger partial charge >= 0.3 is 0 Å². The molecule has 4 aromatic rings. The molecule has 3 saturated heterocycles. The molecule has 3 aliphatic rings. The van der Waals surface area contributed by atoms with Crippen LogP contribution in [0.5, 0.6) is 0 Å². The number of amides is 1. The Hall–Kier alpha value is -4.40. The maximum atomic E-state index is 15.6. The molecule has 3 fully saturated rings. The zero-order valence-corrected chi connectivity index (χ0v) is 26.0. The number of fused-ring (bicyclic) bond motifs is 1. The summed E-state index contributed by atoms with van der Waals surface area (Å²) in [5.74, 6) is -0.536. The molecule has 0 radical (unpaired) electrons. The summed E-state index contributed by atoms with van der Waals surface area (Å²) in [6, 6.07) is 5.64. The lowest BCUT2D eigenvalue weighted by atomic mass is 10.0. The zero-order valence-electron chi connectivity index (χ0n) is 26.0. The third-order valence-electron chi connectivity index (χ3n) is 9.35. The van der Waals surface area contributed by atoms with Gasteiger partial charge in [-0.3, -0.25) is 14.7 Å². The van der Waals surface area contributed by atoms with Gasteiger partial charge in [0.1, 0.15) is 17.0 Å². The van der Waals surface area contributed by atoms with E-state index in [0.717, 1.165) is 70.5 Å². The van der Waals surface area contributed by atoms with Crippen LogP contribution < -0.4 is 21.3 Å². The summed E-state index contributed by atoms with van der Waals surface area (Å²) in [5.41, 5.74) is 9.12. The number of carbonyl (C=O) groups is 1. The van der Waals surface area contributed by atoms with Crippen molar-refractivity contribution in [2.45, 2.75) is 37.8 Å². The number of likely N-dealkylation sites (N-methyl/N-ethyl adjacent to an activating group) is 1. The smallest absolute Gasteiger partial charge is 0.271 e. The summed E-state index contributed by atoms with van der Waals surface area (Å²) >= 11 is 0. The number of aromatic nitrogens is 5. The number of carbonyl (C=O) groups excluding carboxylic acids is 1. The Bertz CT molecular complexity index is 1690. The van der Waals surface area contributed by atoms with E-state index in [-0.39, 0.29) is 23.4 Å². The Balaban J connectivity index is 1.14. The predicted molar refractivity (Wildman–Crippen MR) is 175 cm³/mol. The number of pyridine rings is 1. The van der Waals surface area contributed by atoms with Crippen LogP contribution in [0.4, 0.5) is 27.4 Å². The second-order valence-corrected chi connectivity index (χ2v) is 12.3. The highest BCUT2D eigenvalue weighted by Crippen LogP contribution is 2.34. The first-order valence-electron chi connectivity index (χ1n) is 16.0. The van der Waals surface area contributed by atoms with Crippen LogP contribution >= 0.6 is 0 Å². The number of nitrogens with zero attached hydrogens (tertiary/aromatic N) is 7. The first-order valence-corrected chi connectivity index (χ1v) is 16.0. The van der Waals surface area contributed by atoms with Crippen molar-refractivity contribution in [1.82, 2.24) is 34.7 Å². The van der Waals surface area contributed by atoms with E-state index in [1.807, 2.05) is 0 Å². The summed E-state index contributed by atoms with van der Waals surface area (Å²) < 4.78 is 21.2. The highest BCUT2D eigenvalue weighted by Gasteiger charge is 2.28. The number of aromatic amines is 1. The first-order chi connectivity index (χ1) is 22.4. The van der Waals surface area contributed by atoms with Crippen molar-refractivity contribution in [1.29, 1.82) is 0 Å². The SMILES string of the molecule is CN1CCN(C2CCN(c3ccc(Nc4nc(NC5CCOCC5)c(-c5cncc6[nH]cnc56)nc4C(N)=O)cc3F)CC2)CC1. The topological polar surface area (TPSA) is 153 Å². The largest absolute Gasteiger partial charge is 0.381 e. The van der Waals surface area contributed by atoms with Crippen LogP contribution in [0.25, 0.3) is 22.3 Å². The number of imidazole rings is 1. The molecule has 0 unspecified atom stereocenters. The van der Waals surface area contributed by atoms with Crippen LogP contribution in [-0.2, 0) is 4.74 Å². The molecule has 13 nitrogen and oxygen atoms in total. The van der Waals surface area contributed by atoms with E-state index in [1.54, 1.807) is 30.9 Å². The van der Waals surface area contributed by atoms with Crippen LogP contribution in [0.1, 0.15) is 36.2 Å². The molecule has 1 amide bonds. The molecule has 46 heavy (non-hydrogen) atoms. The second kappa shape index (κ2) is 13.1. The average Bonchev–Trinajstić information content (AvgIpc) is 3.56. The minimum Gasteiger partial charge on any atom is -0.381 e. The number of ether oxygens (including phenoxy) is 1. The molecule has 0 saturated carbocycles. The van der Waals surface area contributed by atoms with E-state index < -0.39 is 5.91 Å². The molecule has 0 atom stereocenters. The number of halogens is 1. The van der Waals surface area contributed by atoms with Gasteiger partial charge in [-0.2, -0.15) is 0 Å². The number of nitrogens with one attached hydrogen (secondary N) is 3. The first kappa shape index (κ1) is 30.3. The minimum atomic E-state index is -0.767. The quantitative estimate of drug-likeness (QED) is 0.227. The van der Waals surface area contributed by atoms with Crippen molar-refractivity contribution < 1.29 is 13.9 Å². The Kier molecular flexibility index (Phi) is 8.65. The van der Waals surface area contributed by atoms with E-state index in [9.17, 15) is 4.79 Å². The maximum Gasteiger partial charge on any atom is 0.271 e. The summed E-state index contributed by atoms with van der Waals surface area (Å²) in [7, 11) is 2.17. The lowest BCUT2D eigenvalue weighted by Gasteiger charge is -2.42. The van der Waals surface area contributed by atoms with Crippen LogP contribution in [0.3, 0.4) is 0 Å². The number of H-pyrrole nitrogens is 1. The molecule has 7 rings (SSSR count). The molecule has 242 valence electrons. The summed E-state index contributed by atoms with van der Waals surface area (Å²) in [5, 5.41) is 6.61. The lowest BCUT2D eigenvalue weighted by Crippen LogP contribution is -2.52. The van der Waals surface area contributed by atoms with E-state index >= 15 is 4.39 Å². The number of rotatable bonds is 8. The fourth-order valence-corrected chi connectivity index (χ4v) is 6.69. The number of primary amides is 1. The molecule has 0 bridgehead atoms. The van der Waals surface area contributed by atoms with Crippen molar-refractivity contribution >= 4 is 40.0 Å². The number of nitrogens with two attached hydrogens (primary N) is 1. The van der Waals surface area contributed by atoms with Crippen molar-refractivity contribution in [3.05, 3.63) is 48.4 Å². The Labute approximate surface area is 266 Å². The number of hydrogen-bond acceptors (Lipinski definition) is 11. The van der Waals surface area contributed by atoms with Crippen molar-refractivity contribution in [2.24, 2.45) is 5.73 Å². The summed E-state index contributed by atoms with van der Waals surface area (Å²) in [4.78, 5) is 41.1. The minimum absolute atomic E-state index is 0.0736. The number of piperazine rings is 1. The molecule has 3 aliphatic heterocycles. The maximum absolute atomic E-state index is 15.6. The van der Waals surface area contributed by atoms with Crippen molar-refractivity contribution in [3.63, 3.8) is 0 Å². The normalized spacial score (nSPS) is 19.0. The van der Waals surface area contributed by atoms with E-state index in [2.05, 4.69) is 47.3 Å². The fraction of sp³-hybridized carbons (Fsp3) is 0.469. The van der Waals surface area contributed by atoms with Gasteiger partial charge in [0, 0.05) is 76.5 Å². The van der Waals surface area contributed by atoms with Crippen LogP contribution in [0.15, 0.2) is 36.9 Å². The molecule has 5 N–H and O–H groups in total. The Morgan fingerprint density at radius 1 is 1.02 bits per heavy atom. The van der Waals surface area contributed by atoms with Gasteiger partial charge in [-0.15, -0.1) is 0 Å². The molecule has 14 heteroatoms. The van der Waals surface area contributed by atoms with Gasteiger partial charge in [-0.05, 0) is 50.9 Å². The molecule has 6 heterocycles. The highest BCUT2D eigenvalue weighted by molar-refractivity contribution is 5.99. The van der Waals surface area contributed by atoms with Gasteiger partial charge in [0.15, 0.2) is 17.3 Å². The van der Waals surface area contributed by atoms with Gasteiger partial charge in [0.2, 0.25) is 0 Å². The highest BCUT2D eigenvalue weighted by atomic mass is 19.1.